The standard InChI is InChI=1S/C23H29FN2O4S/c1-14-12-15(2)17(4)22(16(14)3)31(28,29)26-10-8-18(9-11-26)23(27)25-19-6-7-21(30-5)20(24)13-19/h6-7,12-13,18H,8-11H2,1-5H3,(H,25,27). The molecule has 1 saturated heterocycles. The molecule has 8 heteroatoms. The van der Waals surface area contributed by atoms with Gasteiger partial charge in [-0.25, -0.2) is 12.8 Å². The van der Waals surface area contributed by atoms with Crippen molar-refractivity contribution in [2.24, 2.45) is 5.92 Å². The highest BCUT2D eigenvalue weighted by atomic mass is 32.2. The molecule has 0 radical (unpaired) electrons. The Morgan fingerprint density at radius 1 is 1.06 bits per heavy atom. The Bertz CT molecular complexity index is 1080. The fourth-order valence-corrected chi connectivity index (χ4v) is 6.09. The minimum atomic E-state index is -3.65. The monoisotopic (exact) mass is 448 g/mol. The number of methoxy groups -OCH3 is 1. The lowest BCUT2D eigenvalue weighted by Gasteiger charge is -2.31. The van der Waals surface area contributed by atoms with E-state index < -0.39 is 15.8 Å². The Morgan fingerprint density at radius 3 is 2.16 bits per heavy atom. The zero-order chi connectivity index (χ0) is 22.9. The minimum absolute atomic E-state index is 0.105. The van der Waals surface area contributed by atoms with Crippen LogP contribution in [0.3, 0.4) is 0 Å². The number of carbonyl (C=O) groups is 1. The van der Waals surface area contributed by atoms with E-state index in [0.717, 1.165) is 22.3 Å². The van der Waals surface area contributed by atoms with E-state index in [1.165, 1.54) is 23.5 Å². The summed E-state index contributed by atoms with van der Waals surface area (Å²) in [6.45, 7) is 8.04. The fourth-order valence-electron chi connectivity index (χ4n) is 4.04. The highest BCUT2D eigenvalue weighted by Gasteiger charge is 2.34. The first kappa shape index (κ1) is 23.2. The molecule has 0 saturated carbocycles. The molecule has 0 aliphatic carbocycles. The maximum absolute atomic E-state index is 13.9. The van der Waals surface area contributed by atoms with E-state index >= 15 is 0 Å². The number of nitrogens with one attached hydrogen (secondary N) is 1. The molecule has 1 heterocycles. The largest absolute Gasteiger partial charge is 0.494 e. The van der Waals surface area contributed by atoms with Crippen molar-refractivity contribution >= 4 is 21.6 Å². The van der Waals surface area contributed by atoms with Crippen LogP contribution >= 0.6 is 0 Å². The van der Waals surface area contributed by atoms with Gasteiger partial charge in [-0.1, -0.05) is 6.07 Å². The molecule has 31 heavy (non-hydrogen) atoms. The quantitative estimate of drug-likeness (QED) is 0.747. The van der Waals surface area contributed by atoms with Crippen molar-refractivity contribution in [3.8, 4) is 5.75 Å². The van der Waals surface area contributed by atoms with Crippen LogP contribution in [0.25, 0.3) is 0 Å². The van der Waals surface area contributed by atoms with E-state index in [0.29, 0.717) is 23.4 Å². The van der Waals surface area contributed by atoms with Gasteiger partial charge in [-0.3, -0.25) is 4.79 Å². The normalized spacial score (nSPS) is 15.7. The summed E-state index contributed by atoms with van der Waals surface area (Å²) in [5.74, 6) is -1.02. The maximum atomic E-state index is 13.9. The Balaban J connectivity index is 1.70. The minimum Gasteiger partial charge on any atom is -0.494 e. The fraction of sp³-hybridized carbons (Fsp3) is 0.435. The number of carbonyl (C=O) groups excluding carboxylic acids is 1. The lowest BCUT2D eigenvalue weighted by molar-refractivity contribution is -0.120. The number of sulfonamides is 1. The predicted octanol–water partition coefficient (Wildman–Crippen LogP) is 4.11. The first-order chi connectivity index (χ1) is 14.6. The average molecular weight is 449 g/mol. The first-order valence-corrected chi connectivity index (χ1v) is 11.7. The van der Waals surface area contributed by atoms with Crippen LogP contribution in [0.5, 0.6) is 5.75 Å². The summed E-state index contributed by atoms with van der Waals surface area (Å²) < 4.78 is 47.0. The number of aryl methyl sites for hydroxylation is 2. The van der Waals surface area contributed by atoms with Crippen molar-refractivity contribution in [2.45, 2.75) is 45.4 Å². The molecule has 168 valence electrons. The van der Waals surface area contributed by atoms with E-state index in [9.17, 15) is 17.6 Å². The molecule has 1 aliphatic heterocycles. The number of hydrogen-bond donors (Lipinski definition) is 1. The molecule has 0 spiro atoms. The molecule has 2 aromatic carbocycles. The third kappa shape index (κ3) is 4.60. The van der Waals surface area contributed by atoms with Gasteiger partial charge in [-0.2, -0.15) is 4.31 Å². The molecule has 2 aromatic rings. The van der Waals surface area contributed by atoms with Crippen molar-refractivity contribution in [3.05, 3.63) is 52.3 Å². The van der Waals surface area contributed by atoms with Gasteiger partial charge in [0.15, 0.2) is 11.6 Å². The number of anilines is 1. The van der Waals surface area contributed by atoms with Crippen molar-refractivity contribution in [3.63, 3.8) is 0 Å². The summed E-state index contributed by atoms with van der Waals surface area (Å²) in [5.41, 5.74) is 3.78. The molecule has 1 fully saturated rings. The van der Waals surface area contributed by atoms with E-state index in [4.69, 9.17) is 4.74 Å². The third-order valence-electron chi connectivity index (χ3n) is 6.14. The summed E-state index contributed by atoms with van der Waals surface area (Å²) in [5, 5.41) is 2.72. The van der Waals surface area contributed by atoms with Gasteiger partial charge in [-0.15, -0.1) is 0 Å². The van der Waals surface area contributed by atoms with Gasteiger partial charge in [0.1, 0.15) is 0 Å². The lowest BCUT2D eigenvalue weighted by Crippen LogP contribution is -2.41. The van der Waals surface area contributed by atoms with Crippen molar-refractivity contribution < 1.29 is 22.3 Å². The van der Waals surface area contributed by atoms with Gasteiger partial charge < -0.3 is 10.1 Å². The lowest BCUT2D eigenvalue weighted by atomic mass is 9.97. The highest BCUT2D eigenvalue weighted by molar-refractivity contribution is 7.89. The zero-order valence-corrected chi connectivity index (χ0v) is 19.4. The van der Waals surface area contributed by atoms with Crippen molar-refractivity contribution in [2.75, 3.05) is 25.5 Å². The van der Waals surface area contributed by atoms with Crippen LogP contribution in [0.15, 0.2) is 29.2 Å². The van der Waals surface area contributed by atoms with Crippen LogP contribution in [0.4, 0.5) is 10.1 Å². The molecule has 0 aromatic heterocycles. The number of nitrogens with zero attached hydrogens (tertiary/aromatic N) is 1. The number of benzene rings is 2. The molecular weight excluding hydrogens is 419 g/mol. The Hall–Kier alpha value is -2.45. The molecule has 0 bridgehead atoms. The molecule has 1 aliphatic rings. The number of ether oxygens (including phenoxy) is 1. The Kier molecular flexibility index (Phi) is 6.71. The number of rotatable bonds is 5. The van der Waals surface area contributed by atoms with Crippen LogP contribution < -0.4 is 10.1 Å². The van der Waals surface area contributed by atoms with Crippen LogP contribution in [0.1, 0.15) is 35.1 Å². The van der Waals surface area contributed by atoms with Crippen LogP contribution in [0, 0.1) is 39.4 Å². The second-order valence-corrected chi connectivity index (χ2v) is 9.98. The topological polar surface area (TPSA) is 75.7 Å². The number of amides is 1. The third-order valence-corrected chi connectivity index (χ3v) is 8.31. The van der Waals surface area contributed by atoms with Crippen molar-refractivity contribution in [1.82, 2.24) is 4.31 Å². The number of piperidine rings is 1. The highest BCUT2D eigenvalue weighted by Crippen LogP contribution is 2.31. The number of hydrogen-bond acceptors (Lipinski definition) is 4. The van der Waals surface area contributed by atoms with Crippen molar-refractivity contribution in [1.29, 1.82) is 0 Å². The van der Waals surface area contributed by atoms with Crippen LogP contribution in [-0.4, -0.2) is 38.8 Å². The molecule has 1 N–H and O–H groups in total. The molecule has 6 nitrogen and oxygen atoms in total. The second kappa shape index (κ2) is 8.96. The van der Waals surface area contributed by atoms with Crippen LogP contribution in [-0.2, 0) is 14.8 Å². The average Bonchev–Trinajstić information content (AvgIpc) is 2.72. The van der Waals surface area contributed by atoms with Gasteiger partial charge in [0.05, 0.1) is 12.0 Å². The van der Waals surface area contributed by atoms with E-state index in [2.05, 4.69) is 5.32 Å². The summed E-state index contributed by atoms with van der Waals surface area (Å²) in [6, 6.07) is 6.24. The summed E-state index contributed by atoms with van der Waals surface area (Å²) in [4.78, 5) is 13.0. The number of halogens is 1. The second-order valence-electron chi connectivity index (χ2n) is 8.11. The van der Waals surface area contributed by atoms with Gasteiger partial charge in [0.25, 0.3) is 0 Å². The maximum Gasteiger partial charge on any atom is 0.243 e. The molecule has 0 atom stereocenters. The summed E-state index contributed by atoms with van der Waals surface area (Å²) in [7, 11) is -2.28. The SMILES string of the molecule is COc1ccc(NC(=O)C2CCN(S(=O)(=O)c3c(C)c(C)cc(C)c3C)CC2)cc1F. The van der Waals surface area contributed by atoms with Gasteiger partial charge in [0.2, 0.25) is 15.9 Å². The molecule has 0 unspecified atom stereocenters. The summed E-state index contributed by atoms with van der Waals surface area (Å²) >= 11 is 0. The van der Waals surface area contributed by atoms with Gasteiger partial charge in [-0.05, 0) is 74.9 Å². The first-order valence-electron chi connectivity index (χ1n) is 10.3. The van der Waals surface area contributed by atoms with E-state index in [-0.39, 0.29) is 30.7 Å². The van der Waals surface area contributed by atoms with Gasteiger partial charge >= 0.3 is 0 Å². The molecular formula is C23H29FN2O4S. The Labute approximate surface area is 183 Å². The zero-order valence-electron chi connectivity index (χ0n) is 18.6. The predicted molar refractivity (Wildman–Crippen MR) is 118 cm³/mol. The van der Waals surface area contributed by atoms with Gasteiger partial charge in [0, 0.05) is 30.8 Å². The Morgan fingerprint density at radius 2 is 1.65 bits per heavy atom. The molecule has 3 rings (SSSR count). The molecule has 1 amide bonds. The summed E-state index contributed by atoms with van der Waals surface area (Å²) in [6.07, 6.45) is 0.819. The van der Waals surface area contributed by atoms with E-state index in [1.807, 2.05) is 33.8 Å². The van der Waals surface area contributed by atoms with Crippen LogP contribution in [0.2, 0.25) is 0 Å². The van der Waals surface area contributed by atoms with E-state index in [1.54, 1.807) is 6.07 Å². The smallest absolute Gasteiger partial charge is 0.243 e.